The van der Waals surface area contributed by atoms with Crippen molar-refractivity contribution in [3.05, 3.63) is 71.9 Å². The number of nitrogens with zero attached hydrogens (tertiary/aromatic N) is 3. The number of rotatable bonds is 3. The zero-order chi connectivity index (χ0) is 19.7. The Hall–Kier alpha value is -2.77. The number of piperazine rings is 1. The summed E-state index contributed by atoms with van der Waals surface area (Å²) in [6.07, 6.45) is 1.70. The van der Waals surface area contributed by atoms with E-state index in [1.807, 2.05) is 31.2 Å². The summed E-state index contributed by atoms with van der Waals surface area (Å²) in [5, 5.41) is 0.810. The molecule has 0 atom stereocenters. The van der Waals surface area contributed by atoms with Crippen molar-refractivity contribution in [2.24, 2.45) is 0 Å². The fourth-order valence-corrected chi connectivity index (χ4v) is 4.87. The van der Waals surface area contributed by atoms with Crippen molar-refractivity contribution in [3.63, 3.8) is 0 Å². The van der Waals surface area contributed by atoms with Crippen molar-refractivity contribution in [1.82, 2.24) is 14.2 Å². The van der Waals surface area contributed by atoms with Crippen LogP contribution in [0.5, 0.6) is 0 Å². The fourth-order valence-electron chi connectivity index (χ4n) is 3.45. The number of hydrogen-bond acceptors (Lipinski definition) is 4. The number of aromatic nitrogens is 1. The predicted molar refractivity (Wildman–Crippen MR) is 108 cm³/mol. The van der Waals surface area contributed by atoms with Crippen LogP contribution in [0.15, 0.2) is 65.7 Å². The maximum atomic E-state index is 13.0. The molecule has 0 unspecified atom stereocenters. The van der Waals surface area contributed by atoms with E-state index in [0.717, 1.165) is 16.5 Å². The summed E-state index contributed by atoms with van der Waals surface area (Å²) in [4.78, 5) is 19.3. The third-order valence-electron chi connectivity index (χ3n) is 5.06. The second kappa shape index (κ2) is 7.33. The summed E-state index contributed by atoms with van der Waals surface area (Å²) in [5.41, 5.74) is 2.38. The normalized spacial score (nSPS) is 15.7. The number of sulfonamides is 1. The van der Waals surface area contributed by atoms with Gasteiger partial charge in [-0.3, -0.25) is 9.78 Å². The van der Waals surface area contributed by atoms with Crippen LogP contribution in [0.1, 0.15) is 15.9 Å². The van der Waals surface area contributed by atoms with Gasteiger partial charge in [-0.1, -0.05) is 29.8 Å². The molecule has 4 rings (SSSR count). The average Bonchev–Trinajstić information content (AvgIpc) is 2.73. The number of carbonyl (C=O) groups excluding carboxylic acids is 1. The molecule has 0 spiro atoms. The maximum absolute atomic E-state index is 13.0. The summed E-state index contributed by atoms with van der Waals surface area (Å²) in [6.45, 7) is 3.21. The quantitative estimate of drug-likeness (QED) is 0.684. The molecule has 28 heavy (non-hydrogen) atoms. The van der Waals surface area contributed by atoms with Crippen LogP contribution in [0.2, 0.25) is 0 Å². The molecule has 3 aromatic rings. The first-order valence-corrected chi connectivity index (χ1v) is 10.6. The Morgan fingerprint density at radius 2 is 1.64 bits per heavy atom. The van der Waals surface area contributed by atoms with Crippen molar-refractivity contribution in [1.29, 1.82) is 0 Å². The highest BCUT2D eigenvalue weighted by molar-refractivity contribution is 7.89. The Labute approximate surface area is 164 Å². The van der Waals surface area contributed by atoms with Crippen molar-refractivity contribution in [3.8, 4) is 0 Å². The lowest BCUT2D eigenvalue weighted by Gasteiger charge is -2.34. The van der Waals surface area contributed by atoms with Gasteiger partial charge in [0.05, 0.1) is 10.4 Å². The molecule has 7 heteroatoms. The van der Waals surface area contributed by atoms with Gasteiger partial charge in [0, 0.05) is 43.3 Å². The average molecular weight is 395 g/mol. The molecule has 1 aliphatic rings. The van der Waals surface area contributed by atoms with E-state index in [9.17, 15) is 13.2 Å². The fraction of sp³-hybridized carbons (Fsp3) is 0.238. The van der Waals surface area contributed by atoms with Crippen LogP contribution < -0.4 is 0 Å². The van der Waals surface area contributed by atoms with Gasteiger partial charge in [-0.15, -0.1) is 0 Å². The third kappa shape index (κ3) is 3.39. The maximum Gasteiger partial charge on any atom is 0.254 e. The third-order valence-corrected chi connectivity index (χ3v) is 6.97. The van der Waals surface area contributed by atoms with Gasteiger partial charge in [0.25, 0.3) is 5.91 Å². The predicted octanol–water partition coefficient (Wildman–Crippen LogP) is 2.69. The number of amides is 1. The van der Waals surface area contributed by atoms with Crippen LogP contribution in [0.4, 0.5) is 0 Å². The number of hydrogen-bond donors (Lipinski definition) is 0. The van der Waals surface area contributed by atoms with Gasteiger partial charge in [0.1, 0.15) is 0 Å². The second-order valence-corrected chi connectivity index (χ2v) is 8.82. The number of fused-ring (bicyclic) bond motifs is 1. The van der Waals surface area contributed by atoms with Gasteiger partial charge in [0.2, 0.25) is 10.0 Å². The Bertz CT molecular complexity index is 1110. The number of aryl methyl sites for hydroxylation is 1. The molecule has 0 bridgehead atoms. The molecule has 1 saturated heterocycles. The largest absolute Gasteiger partial charge is 0.336 e. The van der Waals surface area contributed by atoms with Crippen LogP contribution in [-0.2, 0) is 10.0 Å². The Balaban J connectivity index is 1.51. The number of carbonyl (C=O) groups is 1. The summed E-state index contributed by atoms with van der Waals surface area (Å²) >= 11 is 0. The molecule has 0 aliphatic carbocycles. The highest BCUT2D eigenvalue weighted by atomic mass is 32.2. The van der Waals surface area contributed by atoms with Crippen LogP contribution >= 0.6 is 0 Å². The van der Waals surface area contributed by atoms with E-state index in [1.165, 1.54) is 4.31 Å². The first kappa shape index (κ1) is 18.6. The minimum absolute atomic E-state index is 0.0917. The van der Waals surface area contributed by atoms with Gasteiger partial charge < -0.3 is 4.90 Å². The van der Waals surface area contributed by atoms with E-state index in [2.05, 4.69) is 4.98 Å². The molecule has 6 nitrogen and oxygen atoms in total. The molecule has 0 radical (unpaired) electrons. The van der Waals surface area contributed by atoms with Gasteiger partial charge in [-0.2, -0.15) is 4.31 Å². The van der Waals surface area contributed by atoms with Crippen molar-refractivity contribution in [2.75, 3.05) is 26.2 Å². The van der Waals surface area contributed by atoms with Crippen LogP contribution in [0.25, 0.3) is 10.9 Å². The zero-order valence-corrected chi connectivity index (χ0v) is 16.4. The minimum Gasteiger partial charge on any atom is -0.336 e. The number of pyridine rings is 1. The Morgan fingerprint density at radius 1 is 0.929 bits per heavy atom. The van der Waals surface area contributed by atoms with Crippen molar-refractivity contribution >= 4 is 26.8 Å². The molecule has 2 heterocycles. The summed E-state index contributed by atoms with van der Waals surface area (Å²) in [7, 11) is -3.54. The van der Waals surface area contributed by atoms with E-state index in [0.29, 0.717) is 18.7 Å². The minimum atomic E-state index is -3.54. The molecule has 1 aliphatic heterocycles. The standard InChI is InChI=1S/C21H21N3O3S/c1-16-7-9-17(10-8-16)28(26,27)24-14-12-23(13-15-24)21(25)19-4-2-6-20-18(19)5-3-11-22-20/h2-11H,12-15H2,1H3. The van der Waals surface area contributed by atoms with Crippen LogP contribution in [0.3, 0.4) is 0 Å². The molecular formula is C21H21N3O3S. The molecule has 0 N–H and O–H groups in total. The molecule has 1 aromatic heterocycles. The molecule has 0 saturated carbocycles. The molecule has 144 valence electrons. The topological polar surface area (TPSA) is 70.6 Å². The van der Waals surface area contributed by atoms with Gasteiger partial charge in [-0.25, -0.2) is 8.42 Å². The lowest BCUT2D eigenvalue weighted by Crippen LogP contribution is -2.50. The molecule has 2 aromatic carbocycles. The van der Waals surface area contributed by atoms with E-state index >= 15 is 0 Å². The van der Waals surface area contributed by atoms with Gasteiger partial charge in [0.15, 0.2) is 0 Å². The van der Waals surface area contributed by atoms with Crippen LogP contribution in [-0.4, -0.2) is 54.7 Å². The highest BCUT2D eigenvalue weighted by Gasteiger charge is 2.30. The summed E-state index contributed by atoms with van der Waals surface area (Å²) < 4.78 is 27.1. The Morgan fingerprint density at radius 3 is 2.36 bits per heavy atom. The van der Waals surface area contributed by atoms with Crippen LogP contribution in [0, 0.1) is 6.92 Å². The Kier molecular flexibility index (Phi) is 4.87. The first-order chi connectivity index (χ1) is 13.5. The highest BCUT2D eigenvalue weighted by Crippen LogP contribution is 2.21. The monoisotopic (exact) mass is 395 g/mol. The van der Waals surface area contributed by atoms with Crippen molar-refractivity contribution < 1.29 is 13.2 Å². The van der Waals surface area contributed by atoms with E-state index in [4.69, 9.17) is 0 Å². The summed E-state index contributed by atoms with van der Waals surface area (Å²) in [6, 6.07) is 16.0. The van der Waals surface area contributed by atoms with Gasteiger partial charge in [-0.05, 0) is 37.3 Å². The lowest BCUT2D eigenvalue weighted by atomic mass is 10.1. The van der Waals surface area contributed by atoms with Crippen molar-refractivity contribution in [2.45, 2.75) is 11.8 Å². The van der Waals surface area contributed by atoms with E-state index in [1.54, 1.807) is 41.4 Å². The van der Waals surface area contributed by atoms with E-state index in [-0.39, 0.29) is 23.9 Å². The van der Waals surface area contributed by atoms with Gasteiger partial charge >= 0.3 is 0 Å². The smallest absolute Gasteiger partial charge is 0.254 e. The molecule has 1 fully saturated rings. The SMILES string of the molecule is Cc1ccc(S(=O)(=O)N2CCN(C(=O)c3cccc4ncccc34)CC2)cc1. The molecular weight excluding hydrogens is 374 g/mol. The lowest BCUT2D eigenvalue weighted by molar-refractivity contribution is 0.0700. The first-order valence-electron chi connectivity index (χ1n) is 9.17. The summed E-state index contributed by atoms with van der Waals surface area (Å²) in [5.74, 6) is -0.0917. The zero-order valence-electron chi connectivity index (χ0n) is 15.6. The number of benzene rings is 2. The van der Waals surface area contributed by atoms with E-state index < -0.39 is 10.0 Å². The molecule has 1 amide bonds. The second-order valence-electron chi connectivity index (χ2n) is 6.89.